The topological polar surface area (TPSA) is 35.2 Å². The quantitative estimate of drug-likeness (QED) is 0.902. The summed E-state index contributed by atoms with van der Waals surface area (Å²) in [4.78, 5) is 0. The van der Waals surface area contributed by atoms with E-state index in [1.807, 2.05) is 20.8 Å². The minimum absolute atomic E-state index is 0.141. The average molecular weight is 260 g/mol. The van der Waals surface area contributed by atoms with Gasteiger partial charge in [-0.15, -0.1) is 0 Å². The first-order valence-electron chi connectivity index (χ1n) is 5.61. The van der Waals surface area contributed by atoms with E-state index in [2.05, 4.69) is 0 Å². The van der Waals surface area contributed by atoms with Crippen LogP contribution in [-0.2, 0) is 11.2 Å². The highest BCUT2D eigenvalue weighted by Gasteiger charge is 2.14. The summed E-state index contributed by atoms with van der Waals surface area (Å²) in [6, 6.07) is 4.21. The third kappa shape index (κ3) is 5.48. The molecule has 0 radical (unpaired) electrons. The minimum atomic E-state index is -0.335. The predicted molar refractivity (Wildman–Crippen MR) is 68.8 cm³/mol. The van der Waals surface area contributed by atoms with Gasteiger partial charge in [-0.2, -0.15) is 0 Å². The van der Waals surface area contributed by atoms with Crippen molar-refractivity contribution in [3.05, 3.63) is 34.6 Å². The minimum Gasteiger partial charge on any atom is -0.374 e. The number of hydrogen-bond donors (Lipinski definition) is 1. The van der Waals surface area contributed by atoms with Crippen LogP contribution in [0.2, 0.25) is 5.02 Å². The van der Waals surface area contributed by atoms with Crippen molar-refractivity contribution in [3.8, 4) is 0 Å². The maximum Gasteiger partial charge on any atom is 0.124 e. The van der Waals surface area contributed by atoms with Gasteiger partial charge in [-0.3, -0.25) is 0 Å². The van der Waals surface area contributed by atoms with Gasteiger partial charge in [-0.25, -0.2) is 4.39 Å². The molecule has 1 aromatic carbocycles. The highest BCUT2D eigenvalue weighted by molar-refractivity contribution is 6.31. The van der Waals surface area contributed by atoms with Gasteiger partial charge in [0.2, 0.25) is 0 Å². The Morgan fingerprint density at radius 3 is 2.59 bits per heavy atom. The van der Waals surface area contributed by atoms with Crippen molar-refractivity contribution >= 4 is 11.6 Å². The van der Waals surface area contributed by atoms with Crippen LogP contribution in [0.4, 0.5) is 4.39 Å². The molecule has 1 atom stereocenters. The van der Waals surface area contributed by atoms with Crippen LogP contribution >= 0.6 is 11.6 Å². The van der Waals surface area contributed by atoms with Gasteiger partial charge in [0, 0.05) is 11.1 Å². The Hall–Kier alpha value is -0.640. The summed E-state index contributed by atoms with van der Waals surface area (Å²) in [5.74, 6) is -0.335. The molecule has 0 saturated heterocycles. The molecule has 0 aliphatic carbocycles. The lowest BCUT2D eigenvalue weighted by atomic mass is 10.1. The Morgan fingerprint density at radius 2 is 2.06 bits per heavy atom. The van der Waals surface area contributed by atoms with Crippen molar-refractivity contribution in [2.45, 2.75) is 38.8 Å². The van der Waals surface area contributed by atoms with Crippen molar-refractivity contribution in [2.24, 2.45) is 5.73 Å². The van der Waals surface area contributed by atoms with Crippen LogP contribution in [0.25, 0.3) is 0 Å². The maximum absolute atomic E-state index is 12.8. The van der Waals surface area contributed by atoms with Gasteiger partial charge in [-0.1, -0.05) is 17.7 Å². The number of halogens is 2. The number of rotatable bonds is 4. The fourth-order valence-electron chi connectivity index (χ4n) is 1.39. The van der Waals surface area contributed by atoms with Crippen molar-refractivity contribution < 1.29 is 9.13 Å². The second-order valence-electron chi connectivity index (χ2n) is 5.12. The van der Waals surface area contributed by atoms with Crippen LogP contribution in [0.15, 0.2) is 18.2 Å². The molecule has 96 valence electrons. The Balaban J connectivity index is 2.53. The SMILES string of the molecule is CC(C)(C)OCC(N)Cc1ccc(F)cc1Cl. The second-order valence-corrected chi connectivity index (χ2v) is 5.53. The smallest absolute Gasteiger partial charge is 0.124 e. The van der Waals surface area contributed by atoms with Crippen LogP contribution in [-0.4, -0.2) is 18.2 Å². The molecule has 0 aliphatic heterocycles. The molecular formula is C13H19ClFNO. The third-order valence-corrected chi connectivity index (χ3v) is 2.58. The van der Waals surface area contributed by atoms with E-state index in [0.29, 0.717) is 18.1 Å². The van der Waals surface area contributed by atoms with E-state index < -0.39 is 0 Å². The Kier molecular flexibility index (Phi) is 4.92. The number of nitrogens with two attached hydrogens (primary N) is 1. The summed E-state index contributed by atoms with van der Waals surface area (Å²) in [7, 11) is 0. The molecule has 0 bridgehead atoms. The maximum atomic E-state index is 12.8. The molecule has 17 heavy (non-hydrogen) atoms. The third-order valence-electron chi connectivity index (χ3n) is 2.23. The summed E-state index contributed by atoms with van der Waals surface area (Å²) in [6.07, 6.45) is 0.579. The molecule has 0 aromatic heterocycles. The zero-order valence-corrected chi connectivity index (χ0v) is 11.2. The second kappa shape index (κ2) is 5.80. The van der Waals surface area contributed by atoms with E-state index in [1.54, 1.807) is 6.07 Å². The first kappa shape index (κ1) is 14.4. The first-order chi connectivity index (χ1) is 7.78. The van der Waals surface area contributed by atoms with Crippen LogP contribution in [0.3, 0.4) is 0 Å². The van der Waals surface area contributed by atoms with Crippen LogP contribution in [0, 0.1) is 5.82 Å². The summed E-state index contributed by atoms with van der Waals surface area (Å²) in [5.41, 5.74) is 6.58. The highest BCUT2D eigenvalue weighted by Crippen LogP contribution is 2.19. The Morgan fingerprint density at radius 1 is 1.41 bits per heavy atom. The molecule has 2 nitrogen and oxygen atoms in total. The molecular weight excluding hydrogens is 241 g/mol. The van der Waals surface area contributed by atoms with Gasteiger partial charge >= 0.3 is 0 Å². The van der Waals surface area contributed by atoms with E-state index in [1.165, 1.54) is 12.1 Å². The summed E-state index contributed by atoms with van der Waals surface area (Å²) >= 11 is 5.93. The molecule has 0 saturated carbocycles. The predicted octanol–water partition coefficient (Wildman–Crippen LogP) is 3.16. The Bertz CT molecular complexity index is 376. The van der Waals surface area contributed by atoms with Crippen LogP contribution in [0.1, 0.15) is 26.3 Å². The van der Waals surface area contributed by atoms with Crippen LogP contribution < -0.4 is 5.73 Å². The van der Waals surface area contributed by atoms with Crippen molar-refractivity contribution in [1.82, 2.24) is 0 Å². The largest absolute Gasteiger partial charge is 0.374 e. The van der Waals surface area contributed by atoms with Crippen molar-refractivity contribution in [1.29, 1.82) is 0 Å². The molecule has 4 heteroatoms. The first-order valence-corrected chi connectivity index (χ1v) is 5.99. The van der Waals surface area contributed by atoms with Crippen LogP contribution in [0.5, 0.6) is 0 Å². The molecule has 1 aromatic rings. The summed E-state index contributed by atoms with van der Waals surface area (Å²) in [6.45, 7) is 6.39. The molecule has 0 spiro atoms. The zero-order chi connectivity index (χ0) is 13.1. The van der Waals surface area contributed by atoms with Gasteiger partial charge in [0.05, 0.1) is 12.2 Å². The molecule has 0 aliphatic rings. The van der Waals surface area contributed by atoms with Gasteiger partial charge in [0.1, 0.15) is 5.82 Å². The fraction of sp³-hybridized carbons (Fsp3) is 0.538. The van der Waals surface area contributed by atoms with E-state index in [0.717, 1.165) is 5.56 Å². The highest BCUT2D eigenvalue weighted by atomic mass is 35.5. The van der Waals surface area contributed by atoms with Gasteiger partial charge in [-0.05, 0) is 44.9 Å². The number of hydrogen-bond acceptors (Lipinski definition) is 2. The average Bonchev–Trinajstić information content (AvgIpc) is 2.18. The van der Waals surface area contributed by atoms with Crippen molar-refractivity contribution in [3.63, 3.8) is 0 Å². The monoisotopic (exact) mass is 259 g/mol. The zero-order valence-electron chi connectivity index (χ0n) is 10.5. The van der Waals surface area contributed by atoms with E-state index >= 15 is 0 Å². The lowest BCUT2D eigenvalue weighted by Gasteiger charge is -2.22. The normalized spacial score (nSPS) is 13.8. The molecule has 1 rings (SSSR count). The number of ether oxygens (including phenoxy) is 1. The van der Waals surface area contributed by atoms with E-state index in [9.17, 15) is 4.39 Å². The summed E-state index contributed by atoms with van der Waals surface area (Å²) < 4.78 is 18.4. The molecule has 0 fully saturated rings. The van der Waals surface area contributed by atoms with Crippen molar-refractivity contribution in [2.75, 3.05) is 6.61 Å². The molecule has 1 unspecified atom stereocenters. The lowest BCUT2D eigenvalue weighted by molar-refractivity contribution is -0.00982. The van der Waals surface area contributed by atoms with Gasteiger partial charge < -0.3 is 10.5 Å². The molecule has 0 heterocycles. The van der Waals surface area contributed by atoms with E-state index in [-0.39, 0.29) is 17.5 Å². The standard InChI is InChI=1S/C13H19ClFNO/c1-13(2,3)17-8-11(16)6-9-4-5-10(15)7-12(9)14/h4-5,7,11H,6,8,16H2,1-3H3. The van der Waals surface area contributed by atoms with E-state index in [4.69, 9.17) is 22.1 Å². The molecule has 2 N–H and O–H groups in total. The summed E-state index contributed by atoms with van der Waals surface area (Å²) in [5, 5.41) is 0.413. The lowest BCUT2D eigenvalue weighted by Crippen LogP contribution is -2.33. The molecule has 0 amide bonds. The van der Waals surface area contributed by atoms with Gasteiger partial charge in [0.15, 0.2) is 0 Å². The fourth-order valence-corrected chi connectivity index (χ4v) is 1.63. The number of benzene rings is 1. The Labute approximate surface area is 107 Å². The van der Waals surface area contributed by atoms with Gasteiger partial charge in [0.25, 0.3) is 0 Å².